The number of hydrogen-bond donors (Lipinski definition) is 0. The number of benzene rings is 1. The minimum atomic E-state index is 0.270. The van der Waals surface area contributed by atoms with Crippen LogP contribution in [0, 0.1) is 6.92 Å². The molecule has 0 bridgehead atoms. The average molecular weight is 527 g/mol. The predicted octanol–water partition coefficient (Wildman–Crippen LogP) is 6.13. The van der Waals surface area contributed by atoms with Crippen molar-refractivity contribution >= 4 is 11.6 Å². The van der Waals surface area contributed by atoms with Crippen molar-refractivity contribution in [1.29, 1.82) is 0 Å². The van der Waals surface area contributed by atoms with Crippen molar-refractivity contribution in [2.24, 2.45) is 4.99 Å². The van der Waals surface area contributed by atoms with Gasteiger partial charge in [0.2, 0.25) is 5.91 Å². The molecule has 1 amide bonds. The minimum Gasteiger partial charge on any atom is -0.493 e. The lowest BCUT2D eigenvalue weighted by Crippen LogP contribution is -2.45. The molecule has 1 unspecified atom stereocenters. The zero-order valence-electron chi connectivity index (χ0n) is 25.2. The van der Waals surface area contributed by atoms with E-state index in [2.05, 4.69) is 85.8 Å². The number of aliphatic imine (C=N–C) groups is 1. The van der Waals surface area contributed by atoms with Crippen molar-refractivity contribution in [2.75, 3.05) is 53.4 Å². The lowest BCUT2D eigenvalue weighted by Gasteiger charge is -2.32. The van der Waals surface area contributed by atoms with E-state index in [4.69, 9.17) is 4.74 Å². The van der Waals surface area contributed by atoms with E-state index in [1.165, 1.54) is 16.8 Å². The number of unbranched alkanes of at least 4 members (excludes halogenated alkanes) is 3. The van der Waals surface area contributed by atoms with Crippen LogP contribution in [0.5, 0.6) is 5.75 Å². The second kappa shape index (κ2) is 18.2. The van der Waals surface area contributed by atoms with Gasteiger partial charge < -0.3 is 14.5 Å². The topological polar surface area (TPSA) is 48.4 Å². The second-order valence-corrected chi connectivity index (χ2v) is 11.1. The van der Waals surface area contributed by atoms with Gasteiger partial charge in [-0.25, -0.2) is 0 Å². The van der Waals surface area contributed by atoms with E-state index >= 15 is 0 Å². The third-order valence-corrected chi connectivity index (χ3v) is 7.39. The van der Waals surface area contributed by atoms with Gasteiger partial charge in [-0.05, 0) is 103 Å². The molecule has 6 nitrogen and oxygen atoms in total. The largest absolute Gasteiger partial charge is 0.493 e. The summed E-state index contributed by atoms with van der Waals surface area (Å²) < 4.78 is 5.95. The van der Waals surface area contributed by atoms with Crippen molar-refractivity contribution in [3.8, 4) is 5.75 Å². The fourth-order valence-electron chi connectivity index (χ4n) is 4.67. The lowest BCUT2D eigenvalue weighted by molar-refractivity contribution is -0.133. The van der Waals surface area contributed by atoms with Gasteiger partial charge in [-0.2, -0.15) is 0 Å². The molecule has 0 radical (unpaired) electrons. The summed E-state index contributed by atoms with van der Waals surface area (Å²) in [4.78, 5) is 24.6. The molecule has 6 heteroatoms. The maximum atomic E-state index is 13.6. The molecule has 0 aromatic heterocycles. The van der Waals surface area contributed by atoms with Gasteiger partial charge in [0, 0.05) is 37.6 Å². The van der Waals surface area contributed by atoms with Crippen LogP contribution < -0.4 is 4.74 Å². The van der Waals surface area contributed by atoms with Gasteiger partial charge in [0.25, 0.3) is 0 Å². The summed E-state index contributed by atoms with van der Waals surface area (Å²) in [6, 6.07) is 6.86. The molecule has 1 heterocycles. The Morgan fingerprint density at radius 1 is 0.974 bits per heavy atom. The standard InChI is InChI=1S/C32H54N4O2/c1-7-9-21-35(22-12-11-20-34(5)6)32(37)26-36(28(4)13-15-30-17-19-33-30)23-18-29-14-16-31(27(3)25-29)38-24-10-8-2/h14,16-17,19,25,28H,7-13,15,18,20-24,26H2,1-6H3. The molecule has 1 aromatic carbocycles. The molecule has 1 aromatic rings. The van der Waals surface area contributed by atoms with Crippen LogP contribution in [0.1, 0.15) is 83.3 Å². The Hall–Kier alpha value is -2.18. The summed E-state index contributed by atoms with van der Waals surface area (Å²) in [7, 11) is 4.22. The first-order valence-corrected chi connectivity index (χ1v) is 15.0. The van der Waals surface area contributed by atoms with Gasteiger partial charge in [0.05, 0.1) is 13.2 Å². The summed E-state index contributed by atoms with van der Waals surface area (Å²) in [5, 5.41) is 0. The molecule has 0 saturated carbocycles. The number of allylic oxidation sites excluding steroid dienone is 1. The number of aryl methyl sites for hydroxylation is 1. The van der Waals surface area contributed by atoms with Crippen molar-refractivity contribution in [2.45, 2.75) is 91.5 Å². The van der Waals surface area contributed by atoms with Gasteiger partial charge in [-0.3, -0.25) is 14.7 Å². The zero-order valence-corrected chi connectivity index (χ0v) is 25.2. The van der Waals surface area contributed by atoms with Crippen LogP contribution >= 0.6 is 0 Å². The SMILES string of the molecule is CCCCOc1ccc(CCN(CC(=O)N(CCCC)CCCCN(C)C)C(C)CCC2=NC=C2)cc1C. The Morgan fingerprint density at radius 2 is 1.68 bits per heavy atom. The number of carbonyl (C=O) groups excluding carboxylic acids is 1. The Balaban J connectivity index is 2.02. The van der Waals surface area contributed by atoms with E-state index in [0.29, 0.717) is 12.6 Å². The number of ether oxygens (including phenoxy) is 1. The molecule has 214 valence electrons. The van der Waals surface area contributed by atoms with Crippen LogP contribution in [-0.4, -0.2) is 85.8 Å². The van der Waals surface area contributed by atoms with Crippen molar-refractivity contribution in [1.82, 2.24) is 14.7 Å². The van der Waals surface area contributed by atoms with E-state index in [0.717, 1.165) is 96.3 Å². The summed E-state index contributed by atoms with van der Waals surface area (Å²) >= 11 is 0. The first-order valence-electron chi connectivity index (χ1n) is 15.0. The maximum absolute atomic E-state index is 13.6. The highest BCUT2D eigenvalue weighted by Crippen LogP contribution is 2.21. The van der Waals surface area contributed by atoms with Crippen LogP contribution in [0.4, 0.5) is 0 Å². The van der Waals surface area contributed by atoms with Gasteiger partial charge in [0.15, 0.2) is 0 Å². The number of carbonyl (C=O) groups is 1. The summed E-state index contributed by atoms with van der Waals surface area (Å²) in [6.07, 6.45) is 13.4. The van der Waals surface area contributed by atoms with Crippen LogP contribution in [0.15, 0.2) is 35.5 Å². The highest BCUT2D eigenvalue weighted by atomic mass is 16.5. The van der Waals surface area contributed by atoms with Gasteiger partial charge >= 0.3 is 0 Å². The molecule has 1 aliphatic rings. The zero-order chi connectivity index (χ0) is 27.8. The third kappa shape index (κ3) is 12.1. The molecule has 0 aliphatic carbocycles. The van der Waals surface area contributed by atoms with Crippen LogP contribution in [-0.2, 0) is 11.2 Å². The fourth-order valence-corrected chi connectivity index (χ4v) is 4.67. The number of nitrogens with zero attached hydrogens (tertiary/aromatic N) is 4. The Labute approximate surface area is 233 Å². The molecule has 0 saturated heterocycles. The first kappa shape index (κ1) is 32.0. The molecule has 2 rings (SSSR count). The number of rotatable bonds is 21. The summed E-state index contributed by atoms with van der Waals surface area (Å²) in [6.45, 7) is 13.7. The molecule has 0 fully saturated rings. The summed E-state index contributed by atoms with van der Waals surface area (Å²) in [5.74, 6) is 1.25. The van der Waals surface area contributed by atoms with Crippen molar-refractivity contribution < 1.29 is 9.53 Å². The molecule has 0 N–H and O–H groups in total. The average Bonchev–Trinajstić information content (AvgIpc) is 2.86. The highest BCUT2D eigenvalue weighted by molar-refractivity contribution is 5.99. The van der Waals surface area contributed by atoms with Crippen molar-refractivity contribution in [3.05, 3.63) is 41.6 Å². The van der Waals surface area contributed by atoms with Crippen molar-refractivity contribution in [3.63, 3.8) is 0 Å². The van der Waals surface area contributed by atoms with Gasteiger partial charge in [0.1, 0.15) is 5.75 Å². The fraction of sp³-hybridized carbons (Fsp3) is 0.688. The molecule has 1 aliphatic heterocycles. The van der Waals surface area contributed by atoms with Crippen LogP contribution in [0.25, 0.3) is 0 Å². The van der Waals surface area contributed by atoms with Gasteiger partial charge in [-0.1, -0.05) is 38.8 Å². The minimum absolute atomic E-state index is 0.270. The Morgan fingerprint density at radius 3 is 2.32 bits per heavy atom. The third-order valence-electron chi connectivity index (χ3n) is 7.39. The smallest absolute Gasteiger partial charge is 0.236 e. The van der Waals surface area contributed by atoms with Gasteiger partial charge in [-0.15, -0.1) is 0 Å². The van der Waals surface area contributed by atoms with E-state index < -0.39 is 0 Å². The highest BCUT2D eigenvalue weighted by Gasteiger charge is 2.22. The molecule has 0 spiro atoms. The normalized spacial score (nSPS) is 13.5. The van der Waals surface area contributed by atoms with E-state index in [-0.39, 0.29) is 5.91 Å². The van der Waals surface area contributed by atoms with E-state index in [1.54, 1.807) is 0 Å². The number of hydrogen-bond acceptors (Lipinski definition) is 5. The quantitative estimate of drug-likeness (QED) is 0.181. The lowest BCUT2D eigenvalue weighted by atomic mass is 10.0. The van der Waals surface area contributed by atoms with Crippen LogP contribution in [0.2, 0.25) is 0 Å². The monoisotopic (exact) mass is 526 g/mol. The first-order chi connectivity index (χ1) is 18.3. The predicted molar refractivity (Wildman–Crippen MR) is 161 cm³/mol. The molecule has 38 heavy (non-hydrogen) atoms. The summed E-state index contributed by atoms with van der Waals surface area (Å²) in [5.41, 5.74) is 3.66. The molecular weight excluding hydrogens is 472 g/mol. The van der Waals surface area contributed by atoms with E-state index in [9.17, 15) is 4.79 Å². The van der Waals surface area contributed by atoms with E-state index in [1.807, 2.05) is 6.20 Å². The number of amides is 1. The molecular formula is C32H54N4O2. The van der Waals surface area contributed by atoms with Crippen LogP contribution in [0.3, 0.4) is 0 Å². The Bertz CT molecular complexity index is 880. The second-order valence-electron chi connectivity index (χ2n) is 11.1. The molecule has 1 atom stereocenters. The maximum Gasteiger partial charge on any atom is 0.236 e. The Kier molecular flexibility index (Phi) is 15.3.